The normalized spacial score (nSPS) is 10.3. The molecule has 2 aromatic rings. The van der Waals surface area contributed by atoms with Crippen LogP contribution in [0, 0.1) is 17.5 Å². The van der Waals surface area contributed by atoms with Crippen molar-refractivity contribution in [2.75, 3.05) is 23.8 Å². The Morgan fingerprint density at radius 1 is 1.04 bits per heavy atom. The molecule has 2 amide bonds. The lowest BCUT2D eigenvalue weighted by atomic mass is 10.3. The molecule has 10 heteroatoms. The van der Waals surface area contributed by atoms with Crippen molar-refractivity contribution >= 4 is 17.4 Å². The highest BCUT2D eigenvalue weighted by Gasteiger charge is 2.17. The van der Waals surface area contributed by atoms with Crippen LogP contribution in [0.2, 0.25) is 0 Å². The lowest BCUT2D eigenvalue weighted by Gasteiger charge is -2.12. The highest BCUT2D eigenvalue weighted by atomic mass is 19.2. The van der Waals surface area contributed by atoms with Crippen molar-refractivity contribution in [1.29, 1.82) is 0 Å². The van der Waals surface area contributed by atoms with Crippen molar-refractivity contribution < 1.29 is 27.4 Å². The van der Waals surface area contributed by atoms with Gasteiger partial charge in [0, 0.05) is 0 Å². The van der Waals surface area contributed by atoms with Crippen LogP contribution in [-0.4, -0.2) is 29.2 Å². The van der Waals surface area contributed by atoms with Gasteiger partial charge in [0.15, 0.2) is 17.5 Å². The van der Waals surface area contributed by atoms with Crippen molar-refractivity contribution in [2.24, 2.45) is 0 Å². The summed E-state index contributed by atoms with van der Waals surface area (Å²) in [5.41, 5.74) is -0.438. The molecule has 2 rings (SSSR count). The molecule has 0 spiro atoms. The molecule has 0 aliphatic heterocycles. The minimum atomic E-state index is -1.68. The fraction of sp³-hybridized carbons (Fsp3) is 0.267. The minimum absolute atomic E-state index is 0.0434. The number of nitrogens with zero attached hydrogens (tertiary/aromatic N) is 2. The first-order valence-electron chi connectivity index (χ1n) is 7.30. The van der Waals surface area contributed by atoms with Crippen LogP contribution < -0.4 is 20.1 Å². The highest BCUT2D eigenvalue weighted by Crippen LogP contribution is 2.24. The van der Waals surface area contributed by atoms with Gasteiger partial charge in [-0.1, -0.05) is 0 Å². The Morgan fingerprint density at radius 3 is 2.40 bits per heavy atom. The summed E-state index contributed by atoms with van der Waals surface area (Å²) < 4.78 is 50.1. The van der Waals surface area contributed by atoms with Gasteiger partial charge in [-0.2, -0.15) is 4.98 Å². The van der Waals surface area contributed by atoms with Gasteiger partial charge in [-0.05, 0) is 26.0 Å². The molecule has 0 unspecified atom stereocenters. The second kappa shape index (κ2) is 8.18. The quantitative estimate of drug-likeness (QED) is 0.776. The van der Waals surface area contributed by atoms with Crippen molar-refractivity contribution in [3.8, 4) is 11.9 Å². The van der Waals surface area contributed by atoms with Gasteiger partial charge in [0.25, 0.3) is 0 Å². The average molecular weight is 356 g/mol. The number of carbonyl (C=O) groups excluding carboxylic acids is 1. The number of benzene rings is 1. The van der Waals surface area contributed by atoms with E-state index in [0.717, 1.165) is 6.07 Å². The Morgan fingerprint density at radius 2 is 1.72 bits per heavy atom. The van der Waals surface area contributed by atoms with Gasteiger partial charge in [0.1, 0.15) is 5.69 Å². The smallest absolute Gasteiger partial charge is 0.323 e. The molecule has 7 nitrogen and oxygen atoms in total. The Balaban J connectivity index is 2.16. The number of carbonyl (C=O) groups is 1. The lowest BCUT2D eigenvalue weighted by molar-refractivity contribution is 0.261. The van der Waals surface area contributed by atoms with E-state index in [1.165, 1.54) is 6.20 Å². The number of halogens is 3. The zero-order valence-electron chi connectivity index (χ0n) is 13.4. The molecule has 1 aromatic heterocycles. The van der Waals surface area contributed by atoms with Crippen molar-refractivity contribution in [3.63, 3.8) is 0 Å². The van der Waals surface area contributed by atoms with Crippen molar-refractivity contribution in [1.82, 2.24) is 9.97 Å². The summed E-state index contributed by atoms with van der Waals surface area (Å²) in [6.45, 7) is 4.06. The third-order valence-electron chi connectivity index (χ3n) is 2.82. The average Bonchev–Trinajstić information content (AvgIpc) is 2.58. The molecule has 25 heavy (non-hydrogen) atoms. The second-order valence-corrected chi connectivity index (χ2v) is 4.54. The number of anilines is 2. The van der Waals surface area contributed by atoms with Crippen LogP contribution >= 0.6 is 0 Å². The predicted molar refractivity (Wildman–Crippen MR) is 83.3 cm³/mol. The lowest BCUT2D eigenvalue weighted by Crippen LogP contribution is -2.21. The Bertz CT molecular complexity index is 774. The van der Waals surface area contributed by atoms with E-state index >= 15 is 0 Å². The largest absolute Gasteiger partial charge is 0.476 e. The van der Waals surface area contributed by atoms with E-state index in [2.05, 4.69) is 20.6 Å². The van der Waals surface area contributed by atoms with Gasteiger partial charge in [-0.3, -0.25) is 0 Å². The third-order valence-corrected chi connectivity index (χ3v) is 2.82. The van der Waals surface area contributed by atoms with E-state index in [1.807, 2.05) is 0 Å². The molecule has 0 saturated heterocycles. The van der Waals surface area contributed by atoms with E-state index in [1.54, 1.807) is 13.8 Å². The summed E-state index contributed by atoms with van der Waals surface area (Å²) >= 11 is 0. The molecule has 0 bridgehead atoms. The molecule has 0 aliphatic carbocycles. The standard InChI is InChI=1S/C15H15F3N4O3/c1-3-24-13-10(7-19-15(22-13)25-4-2)21-14(23)20-9-6-5-8(16)11(17)12(9)18/h5-7H,3-4H2,1-2H3,(H2,20,21,23). The van der Waals surface area contributed by atoms with Crippen LogP contribution in [0.5, 0.6) is 11.9 Å². The third kappa shape index (κ3) is 4.49. The molecule has 0 atom stereocenters. The maximum absolute atomic E-state index is 13.6. The first-order chi connectivity index (χ1) is 12.0. The Kier molecular flexibility index (Phi) is 5.98. The summed E-state index contributed by atoms with van der Waals surface area (Å²) in [6, 6.07) is 0.729. The van der Waals surface area contributed by atoms with E-state index in [0.29, 0.717) is 12.7 Å². The zero-order valence-corrected chi connectivity index (χ0v) is 13.4. The number of rotatable bonds is 6. The number of aromatic nitrogens is 2. The van der Waals surface area contributed by atoms with Crippen LogP contribution in [0.25, 0.3) is 0 Å². The van der Waals surface area contributed by atoms with Gasteiger partial charge in [0.2, 0.25) is 5.88 Å². The highest BCUT2D eigenvalue weighted by molar-refractivity contribution is 6.00. The van der Waals surface area contributed by atoms with Gasteiger partial charge >= 0.3 is 12.0 Å². The number of hydrogen-bond donors (Lipinski definition) is 2. The number of nitrogens with one attached hydrogen (secondary N) is 2. The fourth-order valence-corrected chi connectivity index (χ4v) is 1.78. The molecule has 0 fully saturated rings. The molecule has 0 aliphatic rings. The van der Waals surface area contributed by atoms with Crippen LogP contribution in [0.15, 0.2) is 18.3 Å². The van der Waals surface area contributed by atoms with Crippen molar-refractivity contribution in [3.05, 3.63) is 35.8 Å². The molecular weight excluding hydrogens is 341 g/mol. The maximum Gasteiger partial charge on any atom is 0.323 e. The minimum Gasteiger partial charge on any atom is -0.476 e. The topological polar surface area (TPSA) is 85.4 Å². The van der Waals surface area contributed by atoms with Gasteiger partial charge in [-0.25, -0.2) is 22.9 Å². The first kappa shape index (κ1) is 18.3. The summed E-state index contributed by atoms with van der Waals surface area (Å²) in [5.74, 6) is -4.51. The summed E-state index contributed by atoms with van der Waals surface area (Å²) in [7, 11) is 0. The number of ether oxygens (including phenoxy) is 2. The van der Waals surface area contributed by atoms with Gasteiger partial charge in [-0.15, -0.1) is 0 Å². The number of amides is 2. The molecule has 1 heterocycles. The van der Waals surface area contributed by atoms with E-state index in [4.69, 9.17) is 9.47 Å². The molecule has 1 aromatic carbocycles. The fourth-order valence-electron chi connectivity index (χ4n) is 1.78. The van der Waals surface area contributed by atoms with Crippen LogP contribution in [0.1, 0.15) is 13.8 Å². The van der Waals surface area contributed by atoms with E-state index in [-0.39, 0.29) is 24.2 Å². The summed E-state index contributed by atoms with van der Waals surface area (Å²) in [6.07, 6.45) is 1.24. The van der Waals surface area contributed by atoms with Gasteiger partial charge < -0.3 is 20.1 Å². The van der Waals surface area contributed by atoms with E-state index < -0.39 is 29.2 Å². The first-order valence-corrected chi connectivity index (χ1v) is 7.30. The number of hydrogen-bond acceptors (Lipinski definition) is 5. The van der Waals surface area contributed by atoms with Crippen molar-refractivity contribution in [2.45, 2.75) is 13.8 Å². The molecule has 0 radical (unpaired) electrons. The molecule has 0 saturated carbocycles. The van der Waals surface area contributed by atoms with Crippen LogP contribution in [-0.2, 0) is 0 Å². The summed E-state index contributed by atoms with van der Waals surface area (Å²) in [5, 5.41) is 4.40. The van der Waals surface area contributed by atoms with Crippen LogP contribution in [0.3, 0.4) is 0 Å². The van der Waals surface area contributed by atoms with Gasteiger partial charge in [0.05, 0.1) is 25.1 Å². The Hall–Kier alpha value is -3.04. The van der Waals surface area contributed by atoms with Crippen LogP contribution in [0.4, 0.5) is 29.3 Å². The second-order valence-electron chi connectivity index (χ2n) is 4.54. The SMILES string of the molecule is CCOc1ncc(NC(=O)Nc2ccc(F)c(F)c2F)c(OCC)n1. The molecule has 134 valence electrons. The number of urea groups is 1. The maximum atomic E-state index is 13.6. The molecule has 2 N–H and O–H groups in total. The predicted octanol–water partition coefficient (Wildman–Crippen LogP) is 3.34. The van der Waals surface area contributed by atoms with E-state index in [9.17, 15) is 18.0 Å². The monoisotopic (exact) mass is 356 g/mol. The summed E-state index contributed by atoms with van der Waals surface area (Å²) in [4.78, 5) is 19.8. The zero-order chi connectivity index (χ0) is 18.4. The Labute approximate surface area is 141 Å². The molecular formula is C15H15F3N4O3.